The minimum Gasteiger partial charge on any atom is -0.382 e. The van der Waals surface area contributed by atoms with E-state index in [0.717, 1.165) is 11.1 Å². The average molecular weight is 199 g/mol. The Morgan fingerprint density at radius 2 is 1.87 bits per heavy atom. The molecule has 0 aliphatic heterocycles. The number of hydrogen-bond acceptors (Lipinski definition) is 3. The Kier molecular flexibility index (Phi) is 2.37. The molecule has 0 aliphatic rings. The molecule has 0 unspecified atom stereocenters. The van der Waals surface area contributed by atoms with Crippen LogP contribution in [0.1, 0.15) is 11.1 Å². The summed E-state index contributed by atoms with van der Waals surface area (Å²) in [6.45, 7) is 4.17. The molecule has 0 saturated heterocycles. The van der Waals surface area contributed by atoms with E-state index in [1.165, 1.54) is 11.1 Å². The van der Waals surface area contributed by atoms with E-state index in [1.807, 2.05) is 12.1 Å². The Morgan fingerprint density at radius 1 is 1.07 bits per heavy atom. The van der Waals surface area contributed by atoms with E-state index >= 15 is 0 Å². The number of aryl methyl sites for hydroxylation is 1. The van der Waals surface area contributed by atoms with Crippen molar-refractivity contribution in [3.05, 3.63) is 41.6 Å². The normalized spacial score (nSPS) is 10.3. The molecule has 0 amide bonds. The smallest absolute Gasteiger partial charge is 0.153 e. The predicted molar refractivity (Wildman–Crippen MR) is 61.4 cm³/mol. The van der Waals surface area contributed by atoms with Gasteiger partial charge in [-0.25, -0.2) is 0 Å². The molecular weight excluding hydrogens is 186 g/mol. The van der Waals surface area contributed by atoms with E-state index in [4.69, 9.17) is 5.73 Å². The van der Waals surface area contributed by atoms with Gasteiger partial charge in [-0.2, -0.15) is 5.10 Å². The zero-order valence-corrected chi connectivity index (χ0v) is 8.86. The van der Waals surface area contributed by atoms with Crippen LogP contribution in [0.3, 0.4) is 0 Å². The van der Waals surface area contributed by atoms with Crippen LogP contribution in [0.2, 0.25) is 0 Å². The van der Waals surface area contributed by atoms with E-state index in [1.54, 1.807) is 6.20 Å². The van der Waals surface area contributed by atoms with Crippen molar-refractivity contribution in [1.82, 2.24) is 10.2 Å². The summed E-state index contributed by atoms with van der Waals surface area (Å²) in [5.41, 5.74) is 10.4. The van der Waals surface area contributed by atoms with Crippen molar-refractivity contribution in [2.75, 3.05) is 5.73 Å². The average Bonchev–Trinajstić information content (AvgIpc) is 2.23. The second-order valence-electron chi connectivity index (χ2n) is 3.58. The lowest BCUT2D eigenvalue weighted by Gasteiger charge is -2.09. The third-order valence-corrected chi connectivity index (χ3v) is 2.64. The second kappa shape index (κ2) is 3.69. The SMILES string of the molecule is Cc1cccc(-c2ccnnc2N)c1C. The number of hydrogen-bond donors (Lipinski definition) is 1. The predicted octanol–water partition coefficient (Wildman–Crippen LogP) is 2.34. The summed E-state index contributed by atoms with van der Waals surface area (Å²) in [4.78, 5) is 0. The highest BCUT2D eigenvalue weighted by Gasteiger charge is 2.07. The summed E-state index contributed by atoms with van der Waals surface area (Å²) in [6, 6.07) is 8.06. The molecule has 0 saturated carbocycles. The van der Waals surface area contributed by atoms with E-state index in [9.17, 15) is 0 Å². The largest absolute Gasteiger partial charge is 0.382 e. The minimum atomic E-state index is 0.478. The number of nitrogens with two attached hydrogens (primary N) is 1. The van der Waals surface area contributed by atoms with Crippen LogP contribution >= 0.6 is 0 Å². The summed E-state index contributed by atoms with van der Waals surface area (Å²) in [6.07, 6.45) is 1.66. The molecule has 2 aromatic rings. The number of aromatic nitrogens is 2. The molecule has 1 aromatic heterocycles. The summed E-state index contributed by atoms with van der Waals surface area (Å²) < 4.78 is 0. The molecule has 2 N–H and O–H groups in total. The molecule has 15 heavy (non-hydrogen) atoms. The Morgan fingerprint density at radius 3 is 2.60 bits per heavy atom. The first-order valence-corrected chi connectivity index (χ1v) is 4.84. The molecule has 1 heterocycles. The highest BCUT2D eigenvalue weighted by Crippen LogP contribution is 2.27. The van der Waals surface area contributed by atoms with Gasteiger partial charge in [0, 0.05) is 5.56 Å². The number of nitrogens with zero attached hydrogens (tertiary/aromatic N) is 2. The number of nitrogen functional groups attached to an aromatic ring is 1. The van der Waals surface area contributed by atoms with Gasteiger partial charge in [-0.05, 0) is 36.6 Å². The van der Waals surface area contributed by atoms with Gasteiger partial charge in [-0.1, -0.05) is 18.2 Å². The first-order chi connectivity index (χ1) is 7.20. The second-order valence-corrected chi connectivity index (χ2v) is 3.58. The van der Waals surface area contributed by atoms with Crippen LogP contribution in [0.15, 0.2) is 30.5 Å². The topological polar surface area (TPSA) is 51.8 Å². The molecule has 76 valence electrons. The maximum absolute atomic E-state index is 5.80. The summed E-state index contributed by atoms with van der Waals surface area (Å²) in [5.74, 6) is 0.478. The van der Waals surface area contributed by atoms with Crippen molar-refractivity contribution < 1.29 is 0 Å². The Hall–Kier alpha value is -1.90. The molecule has 0 aliphatic carbocycles. The fraction of sp³-hybridized carbons (Fsp3) is 0.167. The Balaban J connectivity index is 2.65. The van der Waals surface area contributed by atoms with E-state index in [2.05, 4.69) is 36.2 Å². The van der Waals surface area contributed by atoms with Crippen LogP contribution in [-0.2, 0) is 0 Å². The van der Waals surface area contributed by atoms with Crippen LogP contribution in [0.5, 0.6) is 0 Å². The summed E-state index contributed by atoms with van der Waals surface area (Å²) in [5, 5.41) is 7.60. The van der Waals surface area contributed by atoms with Crippen LogP contribution in [-0.4, -0.2) is 10.2 Å². The fourth-order valence-electron chi connectivity index (χ4n) is 1.61. The van der Waals surface area contributed by atoms with Crippen molar-refractivity contribution in [1.29, 1.82) is 0 Å². The van der Waals surface area contributed by atoms with Gasteiger partial charge < -0.3 is 5.73 Å². The lowest BCUT2D eigenvalue weighted by atomic mass is 9.98. The van der Waals surface area contributed by atoms with Gasteiger partial charge in [0.2, 0.25) is 0 Å². The van der Waals surface area contributed by atoms with Crippen molar-refractivity contribution >= 4 is 5.82 Å². The van der Waals surface area contributed by atoms with Gasteiger partial charge in [0.15, 0.2) is 5.82 Å². The molecule has 0 bridgehead atoms. The zero-order chi connectivity index (χ0) is 10.8. The highest BCUT2D eigenvalue weighted by molar-refractivity contribution is 5.76. The van der Waals surface area contributed by atoms with Gasteiger partial charge in [0.05, 0.1) is 6.20 Å². The van der Waals surface area contributed by atoms with Crippen molar-refractivity contribution in [3.63, 3.8) is 0 Å². The van der Waals surface area contributed by atoms with Crippen LogP contribution < -0.4 is 5.73 Å². The monoisotopic (exact) mass is 199 g/mol. The third kappa shape index (κ3) is 1.68. The van der Waals surface area contributed by atoms with Crippen molar-refractivity contribution in [2.24, 2.45) is 0 Å². The maximum Gasteiger partial charge on any atom is 0.153 e. The van der Waals surface area contributed by atoms with Gasteiger partial charge in [-0.3, -0.25) is 0 Å². The van der Waals surface area contributed by atoms with Crippen molar-refractivity contribution in [2.45, 2.75) is 13.8 Å². The Labute approximate surface area is 89.0 Å². The van der Waals surface area contributed by atoms with E-state index in [-0.39, 0.29) is 0 Å². The standard InChI is InChI=1S/C12H13N3/c1-8-4-3-5-10(9(8)2)11-6-7-14-15-12(11)13/h3-7H,1-2H3,(H2,13,15). The molecule has 1 aromatic carbocycles. The summed E-state index contributed by atoms with van der Waals surface area (Å²) >= 11 is 0. The van der Waals surface area contributed by atoms with Crippen LogP contribution in [0, 0.1) is 13.8 Å². The van der Waals surface area contributed by atoms with Gasteiger partial charge in [-0.15, -0.1) is 5.10 Å². The zero-order valence-electron chi connectivity index (χ0n) is 8.86. The Bertz CT molecular complexity index is 492. The number of rotatable bonds is 1. The number of benzene rings is 1. The first-order valence-electron chi connectivity index (χ1n) is 4.84. The molecule has 0 spiro atoms. The molecule has 0 atom stereocenters. The first kappa shape index (κ1) is 9.65. The molecular formula is C12H13N3. The van der Waals surface area contributed by atoms with Gasteiger partial charge in [0.1, 0.15) is 0 Å². The number of anilines is 1. The molecule has 0 fully saturated rings. The lowest BCUT2D eigenvalue weighted by molar-refractivity contribution is 1.04. The quantitative estimate of drug-likeness (QED) is 0.767. The fourth-order valence-corrected chi connectivity index (χ4v) is 1.61. The molecule has 3 heteroatoms. The van der Waals surface area contributed by atoms with E-state index in [0.29, 0.717) is 5.82 Å². The molecule has 2 rings (SSSR count). The van der Waals surface area contributed by atoms with Gasteiger partial charge >= 0.3 is 0 Å². The van der Waals surface area contributed by atoms with Crippen molar-refractivity contribution in [3.8, 4) is 11.1 Å². The maximum atomic E-state index is 5.80. The van der Waals surface area contributed by atoms with Crippen LogP contribution in [0.4, 0.5) is 5.82 Å². The molecule has 0 radical (unpaired) electrons. The highest BCUT2D eigenvalue weighted by atomic mass is 15.1. The van der Waals surface area contributed by atoms with E-state index < -0.39 is 0 Å². The van der Waals surface area contributed by atoms with Crippen LogP contribution in [0.25, 0.3) is 11.1 Å². The lowest BCUT2D eigenvalue weighted by Crippen LogP contribution is -1.97. The van der Waals surface area contributed by atoms with Gasteiger partial charge in [0.25, 0.3) is 0 Å². The summed E-state index contributed by atoms with van der Waals surface area (Å²) in [7, 11) is 0. The minimum absolute atomic E-state index is 0.478. The molecule has 3 nitrogen and oxygen atoms in total. The third-order valence-electron chi connectivity index (χ3n) is 2.64.